The van der Waals surface area contributed by atoms with Crippen LogP contribution in [0.3, 0.4) is 0 Å². The zero-order chi connectivity index (χ0) is 20.5. The Labute approximate surface area is 169 Å². The minimum absolute atomic E-state index is 0.0464. The number of ether oxygens (including phenoxy) is 2. The molecule has 0 N–H and O–H groups in total. The Bertz CT molecular complexity index is 1050. The third-order valence-electron chi connectivity index (χ3n) is 4.24. The number of aryl methyl sites for hydroxylation is 1. The molecule has 0 saturated heterocycles. The third kappa shape index (κ3) is 4.36. The van der Waals surface area contributed by atoms with Crippen molar-refractivity contribution in [1.82, 2.24) is 4.98 Å². The van der Waals surface area contributed by atoms with Crippen molar-refractivity contribution < 1.29 is 22.7 Å². The molecule has 0 saturated carbocycles. The first kappa shape index (κ1) is 20.4. The second-order valence-electron chi connectivity index (χ2n) is 6.62. The van der Waals surface area contributed by atoms with E-state index >= 15 is 0 Å². The number of hydrogen-bond acceptors (Lipinski definition) is 6. The average Bonchev–Trinajstić information content (AvgIpc) is 2.96. The summed E-state index contributed by atoms with van der Waals surface area (Å²) < 4.78 is 35.8. The van der Waals surface area contributed by atoms with Gasteiger partial charge in [-0.25, -0.2) is 18.2 Å². The molecule has 1 aliphatic heterocycles. The standard InChI is InChI=1S/C20H20ClNO5S/c1-4-5-15-10-16(20(23)26-15)13-8-12(2)19(28(3,24)25)17(9-13)27-18-7-6-14(21)11-22-18/h6-11,15H,4-5H2,1-3H3. The van der Waals surface area contributed by atoms with Gasteiger partial charge < -0.3 is 9.47 Å². The molecular formula is C20H20ClNO5S. The summed E-state index contributed by atoms with van der Waals surface area (Å²) in [7, 11) is -3.58. The molecule has 0 radical (unpaired) electrons. The topological polar surface area (TPSA) is 82.6 Å². The highest BCUT2D eigenvalue weighted by Crippen LogP contribution is 2.36. The zero-order valence-corrected chi connectivity index (χ0v) is 17.3. The number of carbonyl (C=O) groups excluding carboxylic acids is 1. The molecule has 1 aliphatic rings. The fraction of sp³-hybridized carbons (Fsp3) is 0.300. The van der Waals surface area contributed by atoms with Gasteiger partial charge in [0.15, 0.2) is 9.84 Å². The predicted molar refractivity (Wildman–Crippen MR) is 106 cm³/mol. The van der Waals surface area contributed by atoms with E-state index in [2.05, 4.69) is 4.98 Å². The van der Waals surface area contributed by atoms with Gasteiger partial charge in [0, 0.05) is 18.5 Å². The number of carbonyl (C=O) groups is 1. The maximum Gasteiger partial charge on any atom is 0.339 e. The third-order valence-corrected chi connectivity index (χ3v) is 5.73. The molecule has 1 atom stereocenters. The molecule has 148 valence electrons. The molecule has 0 bridgehead atoms. The number of rotatable bonds is 6. The molecule has 28 heavy (non-hydrogen) atoms. The van der Waals surface area contributed by atoms with Crippen LogP contribution >= 0.6 is 11.6 Å². The summed E-state index contributed by atoms with van der Waals surface area (Å²) in [4.78, 5) is 16.4. The highest BCUT2D eigenvalue weighted by atomic mass is 35.5. The van der Waals surface area contributed by atoms with E-state index in [1.54, 1.807) is 25.1 Å². The number of halogens is 1. The highest BCUT2D eigenvalue weighted by molar-refractivity contribution is 7.90. The lowest BCUT2D eigenvalue weighted by atomic mass is 10.0. The van der Waals surface area contributed by atoms with E-state index in [9.17, 15) is 13.2 Å². The Kier molecular flexibility index (Phi) is 5.76. The molecule has 0 amide bonds. The maximum atomic E-state index is 12.3. The van der Waals surface area contributed by atoms with Gasteiger partial charge in [0.25, 0.3) is 0 Å². The Morgan fingerprint density at radius 1 is 1.29 bits per heavy atom. The number of esters is 1. The second-order valence-corrected chi connectivity index (χ2v) is 9.01. The van der Waals surface area contributed by atoms with Crippen molar-refractivity contribution in [3.8, 4) is 11.6 Å². The van der Waals surface area contributed by atoms with Crippen LogP contribution in [0.25, 0.3) is 5.57 Å². The fourth-order valence-electron chi connectivity index (χ4n) is 3.11. The molecule has 1 unspecified atom stereocenters. The van der Waals surface area contributed by atoms with Gasteiger partial charge >= 0.3 is 5.97 Å². The molecule has 8 heteroatoms. The number of aromatic nitrogens is 1. The van der Waals surface area contributed by atoms with Crippen molar-refractivity contribution in [2.45, 2.75) is 37.7 Å². The summed E-state index contributed by atoms with van der Waals surface area (Å²) in [6.07, 6.45) is 5.62. The maximum absolute atomic E-state index is 12.3. The zero-order valence-electron chi connectivity index (χ0n) is 15.7. The van der Waals surface area contributed by atoms with E-state index in [-0.39, 0.29) is 22.6 Å². The second kappa shape index (κ2) is 7.93. The van der Waals surface area contributed by atoms with Crippen molar-refractivity contribution in [2.75, 3.05) is 6.26 Å². The molecule has 2 heterocycles. The summed E-state index contributed by atoms with van der Waals surface area (Å²) >= 11 is 5.84. The van der Waals surface area contributed by atoms with Crippen LogP contribution in [0.5, 0.6) is 11.6 Å². The smallest absolute Gasteiger partial charge is 0.339 e. The molecule has 2 aromatic rings. The van der Waals surface area contributed by atoms with E-state index in [1.807, 2.05) is 6.92 Å². The van der Waals surface area contributed by atoms with E-state index in [1.165, 1.54) is 18.3 Å². The van der Waals surface area contributed by atoms with Crippen molar-refractivity contribution in [1.29, 1.82) is 0 Å². The van der Waals surface area contributed by atoms with Crippen LogP contribution in [-0.4, -0.2) is 31.7 Å². The average molecular weight is 422 g/mol. The van der Waals surface area contributed by atoms with Crippen LogP contribution in [-0.2, 0) is 19.4 Å². The molecule has 6 nitrogen and oxygen atoms in total. The van der Waals surface area contributed by atoms with E-state index in [0.717, 1.165) is 19.1 Å². The molecule has 1 aromatic carbocycles. The van der Waals surface area contributed by atoms with Crippen molar-refractivity contribution in [2.24, 2.45) is 0 Å². The molecule has 1 aromatic heterocycles. The SMILES string of the molecule is CCCC1C=C(c2cc(C)c(S(C)(=O)=O)c(Oc3ccc(Cl)cn3)c2)C(=O)O1. The van der Waals surface area contributed by atoms with Gasteiger partial charge in [-0.2, -0.15) is 0 Å². The Balaban J connectivity index is 2.09. The van der Waals surface area contributed by atoms with Gasteiger partial charge in [-0.3, -0.25) is 0 Å². The summed E-state index contributed by atoms with van der Waals surface area (Å²) in [5, 5.41) is 0.432. The first-order valence-electron chi connectivity index (χ1n) is 8.76. The van der Waals surface area contributed by atoms with Crippen LogP contribution in [0.1, 0.15) is 30.9 Å². The van der Waals surface area contributed by atoms with E-state index < -0.39 is 15.8 Å². The number of benzene rings is 1. The molecule has 0 spiro atoms. The number of pyridine rings is 1. The number of cyclic esters (lactones) is 1. The van der Waals surface area contributed by atoms with Crippen molar-refractivity contribution in [3.05, 3.63) is 52.7 Å². The Hall–Kier alpha value is -2.38. The predicted octanol–water partition coefficient (Wildman–Crippen LogP) is 4.35. The van der Waals surface area contributed by atoms with Crippen LogP contribution in [0.4, 0.5) is 0 Å². The number of sulfone groups is 1. The number of nitrogens with zero attached hydrogens (tertiary/aromatic N) is 1. The highest BCUT2D eigenvalue weighted by Gasteiger charge is 2.28. The largest absolute Gasteiger partial charge is 0.454 e. The molecular weight excluding hydrogens is 402 g/mol. The lowest BCUT2D eigenvalue weighted by Gasteiger charge is -2.14. The lowest BCUT2D eigenvalue weighted by Crippen LogP contribution is -2.08. The minimum Gasteiger partial charge on any atom is -0.454 e. The van der Waals surface area contributed by atoms with Gasteiger partial charge in [0.05, 0.1) is 10.6 Å². The van der Waals surface area contributed by atoms with Gasteiger partial charge in [0.2, 0.25) is 5.88 Å². The fourth-order valence-corrected chi connectivity index (χ4v) is 4.33. The van der Waals surface area contributed by atoms with E-state index in [0.29, 0.717) is 21.7 Å². The summed E-state index contributed by atoms with van der Waals surface area (Å²) in [6, 6.07) is 6.31. The van der Waals surface area contributed by atoms with Crippen molar-refractivity contribution >= 4 is 33.0 Å². The first-order valence-corrected chi connectivity index (χ1v) is 11.0. The van der Waals surface area contributed by atoms with Gasteiger partial charge in [0.1, 0.15) is 16.7 Å². The summed E-state index contributed by atoms with van der Waals surface area (Å²) in [5.74, 6) is -0.141. The minimum atomic E-state index is -3.58. The van der Waals surface area contributed by atoms with Crippen LogP contribution in [0.2, 0.25) is 5.02 Å². The quantitative estimate of drug-likeness (QED) is 0.645. The first-order chi connectivity index (χ1) is 13.2. The number of hydrogen-bond donors (Lipinski definition) is 0. The normalized spacial score (nSPS) is 16.6. The Morgan fingerprint density at radius 2 is 2.04 bits per heavy atom. The summed E-state index contributed by atoms with van der Waals surface area (Å²) in [6.45, 7) is 3.67. The van der Waals surface area contributed by atoms with Crippen molar-refractivity contribution in [3.63, 3.8) is 0 Å². The van der Waals surface area contributed by atoms with Gasteiger partial charge in [-0.1, -0.05) is 24.9 Å². The van der Waals surface area contributed by atoms with Crippen LogP contribution in [0.15, 0.2) is 41.4 Å². The molecule has 0 aliphatic carbocycles. The molecule has 0 fully saturated rings. The van der Waals surface area contributed by atoms with Crippen LogP contribution in [0, 0.1) is 6.92 Å². The Morgan fingerprint density at radius 3 is 2.64 bits per heavy atom. The lowest BCUT2D eigenvalue weighted by molar-refractivity contribution is -0.137. The molecule has 3 rings (SSSR count). The van der Waals surface area contributed by atoms with Gasteiger partial charge in [-0.15, -0.1) is 0 Å². The van der Waals surface area contributed by atoms with Gasteiger partial charge in [-0.05, 0) is 48.7 Å². The van der Waals surface area contributed by atoms with E-state index in [4.69, 9.17) is 21.1 Å². The monoisotopic (exact) mass is 421 g/mol. The summed E-state index contributed by atoms with van der Waals surface area (Å²) in [5.41, 5.74) is 1.41. The van der Waals surface area contributed by atoms with Crippen LogP contribution < -0.4 is 4.74 Å².